The maximum Gasteiger partial charge on any atom is 0.242 e. The molecule has 0 amide bonds. The average molecular weight is 351 g/mol. The summed E-state index contributed by atoms with van der Waals surface area (Å²) < 4.78 is 35.5. The molecule has 26 heavy (non-hydrogen) atoms. The first-order valence-electron chi connectivity index (χ1n) is 7.77. The smallest absolute Gasteiger partial charge is 0.242 e. The number of aromatic nitrogens is 3. The number of nitrogens with zero attached hydrogens (tertiary/aromatic N) is 3. The van der Waals surface area contributed by atoms with Gasteiger partial charge in [-0.05, 0) is 30.3 Å². The Kier molecular flexibility index (Phi) is 3.96. The molecule has 0 spiro atoms. The van der Waals surface area contributed by atoms with Crippen molar-refractivity contribution in [2.45, 2.75) is 0 Å². The molecule has 1 radical (unpaired) electrons. The first kappa shape index (κ1) is 16.0. The summed E-state index contributed by atoms with van der Waals surface area (Å²) in [5.74, 6) is -0.629. The lowest BCUT2D eigenvalue weighted by Crippen LogP contribution is -1.98. The van der Waals surface area contributed by atoms with Crippen molar-refractivity contribution in [2.75, 3.05) is 12.4 Å². The van der Waals surface area contributed by atoms with Crippen LogP contribution < -0.4 is 10.1 Å². The van der Waals surface area contributed by atoms with Crippen LogP contribution in [0, 0.1) is 17.7 Å². The third kappa shape index (κ3) is 2.63. The maximum atomic E-state index is 14.3. The predicted octanol–water partition coefficient (Wildman–Crippen LogP) is 4.23. The highest BCUT2D eigenvalue weighted by Gasteiger charge is 2.22. The van der Waals surface area contributed by atoms with Gasteiger partial charge in [-0.25, -0.2) is 18.7 Å². The number of hydrogen-bond acceptors (Lipinski definition) is 4. The number of fused-ring (bicyclic) bond motifs is 1. The van der Waals surface area contributed by atoms with Crippen LogP contribution in [0.5, 0.6) is 5.88 Å². The van der Waals surface area contributed by atoms with Crippen LogP contribution in [0.4, 0.5) is 20.3 Å². The van der Waals surface area contributed by atoms with Crippen molar-refractivity contribution in [3.63, 3.8) is 0 Å². The van der Waals surface area contributed by atoms with Crippen LogP contribution in [0.25, 0.3) is 16.9 Å². The van der Waals surface area contributed by atoms with Gasteiger partial charge in [0.25, 0.3) is 0 Å². The van der Waals surface area contributed by atoms with Crippen molar-refractivity contribution in [1.29, 1.82) is 0 Å². The lowest BCUT2D eigenvalue weighted by molar-refractivity contribution is 0.401. The van der Waals surface area contributed by atoms with E-state index in [1.807, 2.05) is 0 Å². The van der Waals surface area contributed by atoms with Crippen LogP contribution in [0.3, 0.4) is 0 Å². The van der Waals surface area contributed by atoms with Gasteiger partial charge >= 0.3 is 0 Å². The number of anilines is 2. The van der Waals surface area contributed by atoms with Crippen LogP contribution in [0.15, 0.2) is 54.9 Å². The van der Waals surface area contributed by atoms with Crippen molar-refractivity contribution in [3.8, 4) is 17.3 Å². The average Bonchev–Trinajstić information content (AvgIpc) is 3.01. The Morgan fingerprint density at radius 1 is 1.12 bits per heavy atom. The van der Waals surface area contributed by atoms with E-state index in [0.29, 0.717) is 11.3 Å². The van der Waals surface area contributed by atoms with E-state index in [0.717, 1.165) is 5.69 Å². The van der Waals surface area contributed by atoms with E-state index in [9.17, 15) is 8.78 Å². The van der Waals surface area contributed by atoms with Gasteiger partial charge in [-0.2, -0.15) is 0 Å². The molecule has 0 atom stereocenters. The number of benzene rings is 2. The Hall–Kier alpha value is -3.48. The lowest BCUT2D eigenvalue weighted by atomic mass is 10.2. The zero-order valence-electron chi connectivity index (χ0n) is 13.7. The predicted molar refractivity (Wildman–Crippen MR) is 93.5 cm³/mol. The summed E-state index contributed by atoms with van der Waals surface area (Å²) >= 11 is 0. The lowest BCUT2D eigenvalue weighted by Gasteiger charge is -2.06. The minimum atomic E-state index is -0.700. The van der Waals surface area contributed by atoms with Gasteiger partial charge in [0.1, 0.15) is 11.6 Å². The molecule has 2 heterocycles. The topological polar surface area (TPSA) is 51.5 Å². The molecule has 0 saturated carbocycles. The van der Waals surface area contributed by atoms with Crippen LogP contribution in [0.2, 0.25) is 0 Å². The molecule has 1 N–H and O–H groups in total. The van der Waals surface area contributed by atoms with Crippen LogP contribution >= 0.6 is 0 Å². The highest BCUT2D eigenvalue weighted by molar-refractivity contribution is 5.82. The molecule has 0 aliphatic rings. The molecule has 4 rings (SSSR count). The van der Waals surface area contributed by atoms with Crippen molar-refractivity contribution >= 4 is 17.0 Å². The summed E-state index contributed by atoms with van der Waals surface area (Å²) in [6.45, 7) is 0. The van der Waals surface area contributed by atoms with Gasteiger partial charge in [-0.1, -0.05) is 18.2 Å². The van der Waals surface area contributed by atoms with Crippen LogP contribution in [-0.2, 0) is 0 Å². The van der Waals surface area contributed by atoms with E-state index >= 15 is 0 Å². The largest absolute Gasteiger partial charge is 0.479 e. The van der Waals surface area contributed by atoms with Gasteiger partial charge in [0.05, 0.1) is 12.7 Å². The number of hydrogen-bond donors (Lipinski definition) is 1. The molecule has 5 nitrogen and oxygen atoms in total. The van der Waals surface area contributed by atoms with Gasteiger partial charge < -0.3 is 10.1 Å². The summed E-state index contributed by atoms with van der Waals surface area (Å²) in [7, 11) is 1.47. The molecular weight excluding hydrogens is 338 g/mol. The Morgan fingerprint density at radius 3 is 2.54 bits per heavy atom. The molecule has 0 bridgehead atoms. The summed E-state index contributed by atoms with van der Waals surface area (Å²) in [5.41, 5.74) is 1.00. The quantitative estimate of drug-likeness (QED) is 0.598. The monoisotopic (exact) mass is 351 g/mol. The standard InChI is InChI=1S/C19H13F2N4O/c1-26-19-16-17(23-12-6-3-2-4-7-12)24-18(25(16)11-10-22-19)15-13(20)8-5-9-14(15)21/h3-11,23H,1H3. The zero-order chi connectivity index (χ0) is 18.1. The number of nitrogens with one attached hydrogen (secondary N) is 1. The number of halogens is 2. The van der Waals surface area contributed by atoms with E-state index in [4.69, 9.17) is 4.74 Å². The molecule has 0 saturated heterocycles. The molecular formula is C19H13F2N4O. The fraction of sp³-hybridized carbons (Fsp3) is 0.0526. The highest BCUT2D eigenvalue weighted by atomic mass is 19.1. The summed E-state index contributed by atoms with van der Waals surface area (Å²) in [4.78, 5) is 8.59. The van der Waals surface area contributed by atoms with Crippen molar-refractivity contribution in [2.24, 2.45) is 0 Å². The summed E-state index contributed by atoms with van der Waals surface area (Å²) in [6, 6.07) is 13.7. The molecule has 4 aromatic rings. The van der Waals surface area contributed by atoms with Gasteiger partial charge in [-0.15, -0.1) is 0 Å². The third-order valence-corrected chi connectivity index (χ3v) is 3.88. The van der Waals surface area contributed by atoms with E-state index in [2.05, 4.69) is 21.4 Å². The minimum Gasteiger partial charge on any atom is -0.479 e. The van der Waals surface area contributed by atoms with E-state index in [1.54, 1.807) is 34.9 Å². The molecule has 7 heteroatoms. The summed E-state index contributed by atoms with van der Waals surface area (Å²) in [5, 5.41) is 3.13. The fourth-order valence-corrected chi connectivity index (χ4v) is 2.74. The highest BCUT2D eigenvalue weighted by Crippen LogP contribution is 2.34. The van der Waals surface area contributed by atoms with Gasteiger partial charge in [0, 0.05) is 18.1 Å². The van der Waals surface area contributed by atoms with Crippen LogP contribution in [0.1, 0.15) is 0 Å². The number of methoxy groups -OCH3 is 1. The Balaban J connectivity index is 1.98. The van der Waals surface area contributed by atoms with Crippen LogP contribution in [-0.4, -0.2) is 21.5 Å². The number of rotatable bonds is 4. The van der Waals surface area contributed by atoms with E-state index < -0.39 is 11.6 Å². The summed E-state index contributed by atoms with van der Waals surface area (Å²) in [6.07, 6.45) is 3.06. The molecule has 129 valence electrons. The minimum absolute atomic E-state index is 0.112. The maximum absolute atomic E-state index is 14.3. The molecule has 2 aromatic carbocycles. The third-order valence-electron chi connectivity index (χ3n) is 3.88. The molecule has 0 aliphatic heterocycles. The van der Waals surface area contributed by atoms with Crippen molar-refractivity contribution < 1.29 is 13.5 Å². The second-order valence-electron chi connectivity index (χ2n) is 5.45. The first-order chi connectivity index (χ1) is 12.7. The van der Waals surface area contributed by atoms with Crippen molar-refractivity contribution in [1.82, 2.24) is 14.4 Å². The van der Waals surface area contributed by atoms with Gasteiger partial charge in [0.2, 0.25) is 5.88 Å². The number of ether oxygens (including phenoxy) is 1. The van der Waals surface area contributed by atoms with E-state index in [1.165, 1.54) is 31.5 Å². The second kappa shape index (κ2) is 6.44. The normalized spacial score (nSPS) is 10.9. The Morgan fingerprint density at radius 2 is 1.85 bits per heavy atom. The Bertz CT molecular complexity index is 1060. The second-order valence-corrected chi connectivity index (χ2v) is 5.45. The zero-order valence-corrected chi connectivity index (χ0v) is 13.7. The molecule has 0 aliphatic carbocycles. The SMILES string of the molecule is COc1nccn2c(-c3c(F)cccc3F)nc(Nc3cc[c]cc3)c12. The molecule has 0 unspecified atom stereocenters. The molecule has 2 aromatic heterocycles. The first-order valence-corrected chi connectivity index (χ1v) is 7.77. The fourth-order valence-electron chi connectivity index (χ4n) is 2.74. The van der Waals surface area contributed by atoms with Gasteiger partial charge in [0.15, 0.2) is 17.2 Å². The van der Waals surface area contributed by atoms with Gasteiger partial charge in [-0.3, -0.25) is 4.40 Å². The van der Waals surface area contributed by atoms with Crippen molar-refractivity contribution in [3.05, 3.63) is 72.6 Å². The number of imidazole rings is 1. The Labute approximate surface area is 147 Å². The molecule has 0 fully saturated rings. The van der Waals surface area contributed by atoms with E-state index in [-0.39, 0.29) is 17.3 Å².